The van der Waals surface area contributed by atoms with Crippen LogP contribution in [0.1, 0.15) is 79.9 Å². The maximum Gasteiger partial charge on any atom is 0.255 e. The number of fused-ring (bicyclic) bond motifs is 3. The van der Waals surface area contributed by atoms with Crippen LogP contribution in [0.2, 0.25) is 0 Å². The van der Waals surface area contributed by atoms with Crippen LogP contribution in [0.4, 0.5) is 0 Å². The van der Waals surface area contributed by atoms with Crippen LogP contribution in [-0.4, -0.2) is 34.7 Å². The molecule has 0 radical (unpaired) electrons. The van der Waals surface area contributed by atoms with Crippen molar-refractivity contribution in [1.82, 2.24) is 15.5 Å². The molecule has 3 amide bonds. The second-order valence-corrected chi connectivity index (χ2v) is 13.4. The zero-order valence-electron chi connectivity index (χ0n) is 22.5. The number of thioether (sulfide) groups is 1. The Balaban J connectivity index is 1.03. The summed E-state index contributed by atoms with van der Waals surface area (Å²) in [5.74, 6) is 0.940. The number of imide groups is 1. The molecule has 2 unspecified atom stereocenters. The van der Waals surface area contributed by atoms with E-state index in [4.69, 9.17) is 0 Å². The Bertz CT molecular complexity index is 1290. The van der Waals surface area contributed by atoms with Gasteiger partial charge in [-0.05, 0) is 77.3 Å². The fourth-order valence-corrected chi connectivity index (χ4v) is 8.23. The number of nitrogens with zero attached hydrogens (tertiary/aromatic N) is 1. The summed E-state index contributed by atoms with van der Waals surface area (Å²) in [5.41, 5.74) is 5.03. The second-order valence-electron chi connectivity index (χ2n) is 12.4. The number of benzene rings is 2. The van der Waals surface area contributed by atoms with E-state index in [1.165, 1.54) is 30.4 Å². The molecule has 2 heterocycles. The van der Waals surface area contributed by atoms with Crippen molar-refractivity contribution in [2.24, 2.45) is 16.7 Å². The van der Waals surface area contributed by atoms with Crippen molar-refractivity contribution in [2.45, 2.75) is 88.7 Å². The van der Waals surface area contributed by atoms with Crippen LogP contribution in [0.5, 0.6) is 0 Å². The average Bonchev–Trinajstić information content (AvgIpc) is 3.41. The van der Waals surface area contributed by atoms with Gasteiger partial charge in [0.05, 0.1) is 0 Å². The Hall–Kier alpha value is -2.64. The van der Waals surface area contributed by atoms with Crippen LogP contribution in [0.25, 0.3) is 0 Å². The first-order valence-corrected chi connectivity index (χ1v) is 14.9. The predicted molar refractivity (Wildman–Crippen MR) is 148 cm³/mol. The number of nitrogens with one attached hydrogen (secondary N) is 2. The smallest absolute Gasteiger partial charge is 0.255 e. The minimum Gasteiger partial charge on any atom is -0.322 e. The van der Waals surface area contributed by atoms with Gasteiger partial charge < -0.3 is 10.2 Å². The summed E-state index contributed by atoms with van der Waals surface area (Å²) < 4.78 is 0. The van der Waals surface area contributed by atoms with Gasteiger partial charge in [-0.25, -0.2) is 0 Å². The normalized spacial score (nSPS) is 29.6. The predicted octanol–water partition coefficient (Wildman–Crippen LogP) is 5.04. The van der Waals surface area contributed by atoms with E-state index in [2.05, 4.69) is 61.7 Å². The minimum absolute atomic E-state index is 0.127. The van der Waals surface area contributed by atoms with Gasteiger partial charge in [-0.2, -0.15) is 0 Å². The Kier molecular flexibility index (Phi) is 6.42. The highest BCUT2D eigenvalue weighted by molar-refractivity contribution is 7.98. The molecule has 2 aromatic rings. The largest absolute Gasteiger partial charge is 0.322 e. The summed E-state index contributed by atoms with van der Waals surface area (Å²) >= 11 is 1.76. The van der Waals surface area contributed by atoms with Gasteiger partial charge in [0.15, 0.2) is 0 Å². The Morgan fingerprint density at radius 1 is 1.03 bits per heavy atom. The van der Waals surface area contributed by atoms with E-state index in [1.807, 2.05) is 12.1 Å². The third-order valence-electron chi connectivity index (χ3n) is 10.3. The van der Waals surface area contributed by atoms with Crippen LogP contribution in [0.3, 0.4) is 0 Å². The molecule has 2 N–H and O–H groups in total. The summed E-state index contributed by atoms with van der Waals surface area (Å²) in [6.45, 7) is 8.74. The monoisotopic (exact) mass is 531 g/mol. The lowest BCUT2D eigenvalue weighted by molar-refractivity contribution is -0.136. The van der Waals surface area contributed by atoms with Crippen molar-refractivity contribution in [3.05, 3.63) is 64.7 Å². The molecule has 4 aliphatic rings. The molecule has 38 heavy (non-hydrogen) atoms. The second kappa shape index (κ2) is 9.53. The first kappa shape index (κ1) is 25.6. The molecular weight excluding hydrogens is 494 g/mol. The summed E-state index contributed by atoms with van der Waals surface area (Å²) in [6.07, 6.45) is 4.67. The molecule has 3 fully saturated rings. The van der Waals surface area contributed by atoms with Crippen molar-refractivity contribution in [3.63, 3.8) is 0 Å². The topological polar surface area (TPSA) is 78.5 Å². The van der Waals surface area contributed by atoms with E-state index < -0.39 is 6.04 Å². The zero-order chi connectivity index (χ0) is 26.7. The van der Waals surface area contributed by atoms with Crippen molar-refractivity contribution in [2.75, 3.05) is 0 Å². The first-order valence-electron chi connectivity index (χ1n) is 13.9. The quantitative estimate of drug-likeness (QED) is 0.386. The van der Waals surface area contributed by atoms with Crippen LogP contribution >= 0.6 is 11.8 Å². The van der Waals surface area contributed by atoms with Gasteiger partial charge in [0, 0.05) is 41.8 Å². The Labute approximate surface area is 229 Å². The fourth-order valence-electron chi connectivity index (χ4n) is 7.31. The molecule has 2 aromatic carbocycles. The highest BCUT2D eigenvalue weighted by Gasteiger charge is 2.60. The summed E-state index contributed by atoms with van der Waals surface area (Å²) in [5, 5.41) is 6.24. The van der Waals surface area contributed by atoms with E-state index in [0.29, 0.717) is 35.4 Å². The maximum absolute atomic E-state index is 12.9. The molecule has 7 heteroatoms. The van der Waals surface area contributed by atoms with Crippen molar-refractivity contribution in [3.8, 4) is 0 Å². The van der Waals surface area contributed by atoms with Gasteiger partial charge in [-0.15, -0.1) is 11.8 Å². The standard InChI is InChI=1S/C31H37N3O3S/c1-30(2)22-12-13-31(30,3)26(15-22)32-16-19-4-6-20(7-5-19)18-38-23-8-9-24-21(14-23)17-34(29(24)37)25-10-11-27(35)33-28(25)36/h4-9,14,22,25-26,32H,10-13,15-18H2,1-3H3,(H,33,35,36)/t22-,25?,26?,31+/m1/s1. The first-order chi connectivity index (χ1) is 18.2. The summed E-state index contributed by atoms with van der Waals surface area (Å²) in [6, 6.07) is 14.9. The molecule has 2 aliphatic heterocycles. The number of hydrogen-bond donors (Lipinski definition) is 2. The number of piperidine rings is 1. The molecule has 200 valence electrons. The lowest BCUT2D eigenvalue weighted by Crippen LogP contribution is -2.52. The molecule has 0 aromatic heterocycles. The van der Waals surface area contributed by atoms with Crippen LogP contribution < -0.4 is 10.6 Å². The van der Waals surface area contributed by atoms with Gasteiger partial charge in [-0.3, -0.25) is 19.7 Å². The number of carbonyl (C=O) groups excluding carboxylic acids is 3. The number of amides is 3. The fraction of sp³-hybridized carbons (Fsp3) is 0.516. The van der Waals surface area contributed by atoms with E-state index in [9.17, 15) is 14.4 Å². The summed E-state index contributed by atoms with van der Waals surface area (Å²) in [4.78, 5) is 39.4. The van der Waals surface area contributed by atoms with Crippen LogP contribution in [0, 0.1) is 16.7 Å². The lowest BCUT2D eigenvalue weighted by atomic mass is 9.69. The number of hydrogen-bond acceptors (Lipinski definition) is 5. The molecule has 1 saturated heterocycles. The molecule has 6 nitrogen and oxygen atoms in total. The molecule has 2 saturated carbocycles. The van der Waals surface area contributed by atoms with Gasteiger partial charge in [-0.1, -0.05) is 45.0 Å². The van der Waals surface area contributed by atoms with E-state index in [1.54, 1.807) is 16.7 Å². The van der Waals surface area contributed by atoms with Crippen molar-refractivity contribution in [1.29, 1.82) is 0 Å². The van der Waals surface area contributed by atoms with E-state index in [0.717, 1.165) is 28.7 Å². The number of rotatable bonds is 7. The van der Waals surface area contributed by atoms with Gasteiger partial charge in [0.1, 0.15) is 6.04 Å². The molecule has 0 spiro atoms. The highest BCUT2D eigenvalue weighted by Crippen LogP contribution is 2.65. The summed E-state index contributed by atoms with van der Waals surface area (Å²) in [7, 11) is 0. The Morgan fingerprint density at radius 3 is 2.47 bits per heavy atom. The lowest BCUT2D eigenvalue weighted by Gasteiger charge is -2.39. The maximum atomic E-state index is 12.9. The molecule has 2 bridgehead atoms. The molecule has 2 aliphatic carbocycles. The van der Waals surface area contributed by atoms with Crippen molar-refractivity contribution >= 4 is 29.5 Å². The third kappa shape index (κ3) is 4.28. The van der Waals surface area contributed by atoms with Gasteiger partial charge >= 0.3 is 0 Å². The highest BCUT2D eigenvalue weighted by atomic mass is 32.2. The van der Waals surface area contributed by atoms with Crippen LogP contribution in [0.15, 0.2) is 47.4 Å². The van der Waals surface area contributed by atoms with Gasteiger partial charge in [0.25, 0.3) is 5.91 Å². The third-order valence-corrected chi connectivity index (χ3v) is 11.3. The van der Waals surface area contributed by atoms with E-state index >= 15 is 0 Å². The van der Waals surface area contributed by atoms with Gasteiger partial charge in [0.2, 0.25) is 11.8 Å². The van der Waals surface area contributed by atoms with Crippen molar-refractivity contribution < 1.29 is 14.4 Å². The molecular formula is C31H37N3O3S. The average molecular weight is 532 g/mol. The zero-order valence-corrected chi connectivity index (χ0v) is 23.3. The minimum atomic E-state index is -0.574. The Morgan fingerprint density at radius 2 is 1.79 bits per heavy atom. The SMILES string of the molecule is CC1(C)[C@@H]2CC[C@@]1(C)C(NCc1ccc(CSc3ccc4c(c3)CN(C3CCC(=O)NC3=O)C4=O)cc1)C2. The molecule has 4 atom stereocenters. The van der Waals surface area contributed by atoms with E-state index in [-0.39, 0.29) is 24.1 Å². The van der Waals surface area contributed by atoms with Crippen LogP contribution in [-0.2, 0) is 28.4 Å². The number of carbonyl (C=O) groups is 3. The molecule has 6 rings (SSSR count).